The highest BCUT2D eigenvalue weighted by atomic mass is 35.5. The van der Waals surface area contributed by atoms with E-state index in [2.05, 4.69) is 21.7 Å². The predicted molar refractivity (Wildman–Crippen MR) is 105 cm³/mol. The van der Waals surface area contributed by atoms with Crippen molar-refractivity contribution < 1.29 is 8.42 Å². The maximum atomic E-state index is 12.2. The summed E-state index contributed by atoms with van der Waals surface area (Å²) in [4.78, 5) is 4.19. The number of nitrogens with zero attached hydrogens (tertiary/aromatic N) is 1. The number of halogens is 1. The third-order valence-corrected chi connectivity index (χ3v) is 7.55. The maximum Gasteiger partial charge on any atom is 0.191 e. The van der Waals surface area contributed by atoms with Crippen molar-refractivity contribution >= 4 is 27.4 Å². The van der Waals surface area contributed by atoms with E-state index in [0.29, 0.717) is 12.5 Å². The molecular formula is C18H28ClN3O2S. The molecule has 2 rings (SSSR count). The minimum Gasteiger partial charge on any atom is -0.356 e. The Labute approximate surface area is 156 Å². The fourth-order valence-corrected chi connectivity index (χ4v) is 3.79. The average molecular weight is 386 g/mol. The van der Waals surface area contributed by atoms with Crippen LogP contribution in [0, 0.1) is 0 Å². The molecule has 0 unspecified atom stereocenters. The van der Waals surface area contributed by atoms with Gasteiger partial charge in [0.2, 0.25) is 0 Å². The highest BCUT2D eigenvalue weighted by Gasteiger charge is 2.44. The van der Waals surface area contributed by atoms with Gasteiger partial charge in [0.1, 0.15) is 0 Å². The average Bonchev–Trinajstić information content (AvgIpc) is 3.30. The van der Waals surface area contributed by atoms with Crippen molar-refractivity contribution in [2.24, 2.45) is 4.99 Å². The molecule has 1 aliphatic rings. The van der Waals surface area contributed by atoms with Gasteiger partial charge in [-0.15, -0.1) is 0 Å². The number of aliphatic imine (C=N–C) groups is 1. The van der Waals surface area contributed by atoms with Crippen molar-refractivity contribution in [1.82, 2.24) is 10.6 Å². The van der Waals surface area contributed by atoms with Crippen LogP contribution in [0.25, 0.3) is 0 Å². The smallest absolute Gasteiger partial charge is 0.191 e. The summed E-state index contributed by atoms with van der Waals surface area (Å²) in [6, 6.07) is 7.97. The van der Waals surface area contributed by atoms with E-state index in [-0.39, 0.29) is 11.2 Å². The summed E-state index contributed by atoms with van der Waals surface area (Å²) in [6.07, 6.45) is 2.21. The van der Waals surface area contributed by atoms with E-state index in [1.165, 1.54) is 5.56 Å². The fourth-order valence-electron chi connectivity index (χ4n) is 2.62. The fraction of sp³-hybridized carbons (Fsp3) is 0.611. The molecule has 0 spiro atoms. The molecule has 1 saturated carbocycles. The molecule has 1 aromatic carbocycles. The van der Waals surface area contributed by atoms with Crippen molar-refractivity contribution in [2.75, 3.05) is 25.9 Å². The summed E-state index contributed by atoms with van der Waals surface area (Å²) in [7, 11) is -1.45. The second-order valence-corrected chi connectivity index (χ2v) is 10.9. The zero-order valence-corrected chi connectivity index (χ0v) is 17.0. The highest BCUT2D eigenvalue weighted by molar-refractivity contribution is 7.92. The molecule has 0 aliphatic heterocycles. The Hall–Kier alpha value is -1.27. The van der Waals surface area contributed by atoms with Crippen molar-refractivity contribution in [2.45, 2.75) is 43.8 Å². The molecule has 2 N–H and O–H groups in total. The molecule has 0 amide bonds. The van der Waals surface area contributed by atoms with Crippen molar-refractivity contribution in [3.05, 3.63) is 34.9 Å². The zero-order valence-electron chi connectivity index (χ0n) is 15.4. The number of sulfone groups is 1. The molecule has 0 atom stereocenters. The van der Waals surface area contributed by atoms with E-state index in [1.807, 2.05) is 18.2 Å². The molecule has 0 bridgehead atoms. The van der Waals surface area contributed by atoms with Gasteiger partial charge in [0.05, 0.1) is 10.5 Å². The normalized spacial score (nSPS) is 17.2. The second kappa shape index (κ2) is 7.54. The zero-order chi connectivity index (χ0) is 18.7. The quantitative estimate of drug-likeness (QED) is 0.583. The van der Waals surface area contributed by atoms with Gasteiger partial charge in [-0.2, -0.15) is 0 Å². The summed E-state index contributed by atoms with van der Waals surface area (Å²) in [5.41, 5.74) is 1.33. The summed E-state index contributed by atoms with van der Waals surface area (Å²) >= 11 is 6.10. The van der Waals surface area contributed by atoms with E-state index in [0.717, 1.165) is 24.4 Å². The lowest BCUT2D eigenvalue weighted by Crippen LogP contribution is -2.44. The van der Waals surface area contributed by atoms with Crippen LogP contribution in [0.1, 0.15) is 39.2 Å². The van der Waals surface area contributed by atoms with Gasteiger partial charge >= 0.3 is 0 Å². The van der Waals surface area contributed by atoms with Crippen molar-refractivity contribution in [3.63, 3.8) is 0 Å². The Morgan fingerprint density at radius 1 is 1.28 bits per heavy atom. The lowest BCUT2D eigenvalue weighted by Gasteiger charge is -2.21. The summed E-state index contributed by atoms with van der Waals surface area (Å²) in [5, 5.41) is 7.16. The summed E-state index contributed by atoms with van der Waals surface area (Å²) in [5.74, 6) is 0.703. The standard InChI is InChI=1S/C18H28ClN3O2S/c1-17(2,3)25(23,24)11-10-21-16(20-4)22-13-18(8-9-18)14-6-5-7-15(19)12-14/h5-7,12H,8-11,13H2,1-4H3,(H2,20,21,22). The predicted octanol–water partition coefficient (Wildman–Crippen LogP) is 2.75. The third kappa shape index (κ3) is 5.11. The molecule has 7 heteroatoms. The summed E-state index contributed by atoms with van der Waals surface area (Å²) < 4.78 is 23.6. The van der Waals surface area contributed by atoms with E-state index in [4.69, 9.17) is 11.6 Å². The lowest BCUT2D eigenvalue weighted by atomic mass is 9.96. The monoisotopic (exact) mass is 385 g/mol. The molecule has 5 nitrogen and oxygen atoms in total. The molecule has 1 fully saturated rings. The Kier molecular flexibility index (Phi) is 6.05. The van der Waals surface area contributed by atoms with Gasteiger partial charge in [0, 0.05) is 30.6 Å². The van der Waals surface area contributed by atoms with Crippen LogP contribution in [0.2, 0.25) is 5.02 Å². The first-order chi connectivity index (χ1) is 11.6. The van der Waals surface area contributed by atoms with Crippen LogP contribution in [0.3, 0.4) is 0 Å². The van der Waals surface area contributed by atoms with Gasteiger partial charge in [-0.05, 0) is 51.3 Å². The number of hydrogen-bond donors (Lipinski definition) is 2. The second-order valence-electron chi connectivity index (χ2n) is 7.57. The number of nitrogens with one attached hydrogen (secondary N) is 2. The van der Waals surface area contributed by atoms with Crippen LogP contribution in [-0.4, -0.2) is 45.0 Å². The third-order valence-electron chi connectivity index (χ3n) is 4.70. The van der Waals surface area contributed by atoms with Crippen LogP contribution in [0.5, 0.6) is 0 Å². The SMILES string of the molecule is CN=C(NCCS(=O)(=O)C(C)(C)C)NCC1(c2cccc(Cl)c2)CC1. The van der Waals surface area contributed by atoms with E-state index < -0.39 is 14.6 Å². The van der Waals surface area contributed by atoms with Crippen LogP contribution >= 0.6 is 11.6 Å². The van der Waals surface area contributed by atoms with Crippen molar-refractivity contribution in [3.8, 4) is 0 Å². The number of rotatable bonds is 6. The van der Waals surface area contributed by atoms with Gasteiger partial charge in [-0.1, -0.05) is 23.7 Å². The largest absolute Gasteiger partial charge is 0.356 e. The highest BCUT2D eigenvalue weighted by Crippen LogP contribution is 2.48. The topological polar surface area (TPSA) is 70.6 Å². The van der Waals surface area contributed by atoms with Crippen LogP contribution in [-0.2, 0) is 15.3 Å². The Morgan fingerprint density at radius 2 is 1.96 bits per heavy atom. The number of guanidine groups is 1. The number of benzene rings is 1. The Morgan fingerprint density at radius 3 is 2.48 bits per heavy atom. The van der Waals surface area contributed by atoms with Gasteiger partial charge in [0.15, 0.2) is 15.8 Å². The van der Waals surface area contributed by atoms with Crippen LogP contribution in [0.15, 0.2) is 29.3 Å². The molecular weight excluding hydrogens is 358 g/mol. The van der Waals surface area contributed by atoms with Gasteiger partial charge in [0.25, 0.3) is 0 Å². The van der Waals surface area contributed by atoms with E-state index in [9.17, 15) is 8.42 Å². The lowest BCUT2D eigenvalue weighted by molar-refractivity contribution is 0.558. The number of hydrogen-bond acceptors (Lipinski definition) is 3. The first kappa shape index (κ1) is 20.0. The van der Waals surface area contributed by atoms with Crippen molar-refractivity contribution in [1.29, 1.82) is 0 Å². The van der Waals surface area contributed by atoms with E-state index >= 15 is 0 Å². The van der Waals surface area contributed by atoms with Crippen LogP contribution < -0.4 is 10.6 Å². The molecule has 140 valence electrons. The first-order valence-electron chi connectivity index (χ1n) is 8.53. The molecule has 1 aliphatic carbocycles. The molecule has 25 heavy (non-hydrogen) atoms. The molecule has 0 saturated heterocycles. The Balaban J connectivity index is 1.87. The Bertz CT molecular complexity index is 735. The van der Waals surface area contributed by atoms with E-state index in [1.54, 1.807) is 27.8 Å². The molecule has 0 radical (unpaired) electrons. The van der Waals surface area contributed by atoms with Gasteiger partial charge < -0.3 is 10.6 Å². The first-order valence-corrected chi connectivity index (χ1v) is 10.6. The van der Waals surface area contributed by atoms with Crippen LogP contribution in [0.4, 0.5) is 0 Å². The van der Waals surface area contributed by atoms with Gasteiger partial charge in [-0.3, -0.25) is 4.99 Å². The minimum absolute atomic E-state index is 0.0800. The maximum absolute atomic E-state index is 12.2. The minimum atomic E-state index is -3.14. The summed E-state index contributed by atoms with van der Waals surface area (Å²) in [6.45, 7) is 6.24. The molecule has 0 heterocycles. The molecule has 0 aromatic heterocycles. The molecule has 1 aromatic rings. The van der Waals surface area contributed by atoms with Gasteiger partial charge in [-0.25, -0.2) is 8.42 Å².